The largest absolute Gasteiger partial charge is 0.481 e. The third kappa shape index (κ3) is 3.15. The molecule has 0 aliphatic carbocycles. The van der Waals surface area contributed by atoms with Gasteiger partial charge in [0.15, 0.2) is 0 Å². The van der Waals surface area contributed by atoms with Crippen molar-refractivity contribution in [2.45, 2.75) is 26.2 Å². The van der Waals surface area contributed by atoms with Gasteiger partial charge in [0.1, 0.15) is 0 Å². The van der Waals surface area contributed by atoms with Gasteiger partial charge in [0, 0.05) is 13.1 Å². The highest BCUT2D eigenvalue weighted by molar-refractivity contribution is 7.08. The average Bonchev–Trinajstić information content (AvgIpc) is 2.90. The molecule has 1 N–H and O–H groups in total. The lowest BCUT2D eigenvalue weighted by Crippen LogP contribution is -2.46. The Hall–Kier alpha value is -1.36. The molecule has 1 aromatic heterocycles. The van der Waals surface area contributed by atoms with E-state index >= 15 is 0 Å². The fraction of sp³-hybridized carbons (Fsp3) is 0.571. The summed E-state index contributed by atoms with van der Waals surface area (Å²) in [6.45, 7) is 4.90. The van der Waals surface area contributed by atoms with Crippen LogP contribution in [0.2, 0.25) is 0 Å². The van der Waals surface area contributed by atoms with Crippen LogP contribution in [0.4, 0.5) is 0 Å². The molecule has 0 radical (unpaired) electrons. The first kappa shape index (κ1) is 14.1. The van der Waals surface area contributed by atoms with Crippen molar-refractivity contribution in [2.75, 3.05) is 13.1 Å². The van der Waals surface area contributed by atoms with E-state index in [1.165, 1.54) is 0 Å². The number of nitrogens with zero attached hydrogens (tertiary/aromatic N) is 1. The molecular weight excluding hydrogens is 262 g/mol. The van der Waals surface area contributed by atoms with Gasteiger partial charge in [-0.2, -0.15) is 11.3 Å². The number of hydrogen-bond acceptors (Lipinski definition) is 3. The number of carboxylic acid groups (broad SMARTS) is 1. The molecule has 1 amide bonds. The number of aliphatic carboxylic acids is 1. The molecule has 0 spiro atoms. The summed E-state index contributed by atoms with van der Waals surface area (Å²) in [7, 11) is 0. The maximum absolute atomic E-state index is 12.4. The number of carbonyl (C=O) groups excluding carboxylic acids is 1. The fourth-order valence-electron chi connectivity index (χ4n) is 2.65. The number of piperidine rings is 1. The van der Waals surface area contributed by atoms with E-state index in [0.29, 0.717) is 19.5 Å². The van der Waals surface area contributed by atoms with Gasteiger partial charge in [-0.3, -0.25) is 9.59 Å². The molecule has 1 aliphatic rings. The van der Waals surface area contributed by atoms with E-state index in [1.807, 2.05) is 30.7 Å². The molecule has 1 aliphatic heterocycles. The van der Waals surface area contributed by atoms with Gasteiger partial charge in [0.2, 0.25) is 5.91 Å². The van der Waals surface area contributed by atoms with E-state index in [9.17, 15) is 9.59 Å². The monoisotopic (exact) mass is 281 g/mol. The summed E-state index contributed by atoms with van der Waals surface area (Å²) in [5.74, 6) is -1.13. The van der Waals surface area contributed by atoms with Crippen LogP contribution in [0.1, 0.15) is 31.7 Å². The van der Waals surface area contributed by atoms with Crippen LogP contribution in [0.5, 0.6) is 0 Å². The van der Waals surface area contributed by atoms with E-state index in [-0.39, 0.29) is 17.7 Å². The molecule has 3 atom stereocenters. The van der Waals surface area contributed by atoms with Gasteiger partial charge < -0.3 is 10.0 Å². The molecule has 5 heteroatoms. The Bertz CT molecular complexity index is 457. The maximum atomic E-state index is 12.4. The number of hydrogen-bond donors (Lipinski definition) is 1. The van der Waals surface area contributed by atoms with E-state index < -0.39 is 11.9 Å². The first-order chi connectivity index (χ1) is 8.99. The number of thiophene rings is 1. The zero-order valence-electron chi connectivity index (χ0n) is 11.2. The molecule has 2 rings (SSSR count). The number of amides is 1. The molecule has 1 fully saturated rings. The van der Waals surface area contributed by atoms with Crippen molar-refractivity contribution in [1.29, 1.82) is 0 Å². The molecule has 2 heterocycles. The van der Waals surface area contributed by atoms with Gasteiger partial charge in [0.05, 0.1) is 11.8 Å². The van der Waals surface area contributed by atoms with Crippen LogP contribution in [-0.4, -0.2) is 35.0 Å². The number of rotatable bonds is 3. The van der Waals surface area contributed by atoms with Gasteiger partial charge in [-0.1, -0.05) is 6.92 Å². The van der Waals surface area contributed by atoms with E-state index in [2.05, 4.69) is 0 Å². The fourth-order valence-corrected chi connectivity index (χ4v) is 3.40. The van der Waals surface area contributed by atoms with Gasteiger partial charge >= 0.3 is 5.97 Å². The standard InChI is InChI=1S/C14H19NO3S/c1-9-5-12(14(17)18)7-15(6-9)13(16)10(2)11-3-4-19-8-11/h3-4,8-10,12H,5-7H2,1-2H3,(H,17,18). The SMILES string of the molecule is CC1CC(C(=O)O)CN(C(=O)C(C)c2ccsc2)C1. The normalized spacial score (nSPS) is 25.1. The topological polar surface area (TPSA) is 57.6 Å². The minimum absolute atomic E-state index is 0.0381. The summed E-state index contributed by atoms with van der Waals surface area (Å²) < 4.78 is 0. The number of likely N-dealkylation sites (tertiary alicyclic amines) is 1. The molecule has 19 heavy (non-hydrogen) atoms. The summed E-state index contributed by atoms with van der Waals surface area (Å²) >= 11 is 1.57. The first-order valence-corrected chi connectivity index (χ1v) is 7.47. The third-order valence-electron chi connectivity index (χ3n) is 3.73. The summed E-state index contributed by atoms with van der Waals surface area (Å²) in [5.41, 5.74) is 1.01. The van der Waals surface area contributed by atoms with Crippen molar-refractivity contribution in [3.63, 3.8) is 0 Å². The summed E-state index contributed by atoms with van der Waals surface area (Å²) in [6.07, 6.45) is 0.659. The van der Waals surface area contributed by atoms with Crippen LogP contribution in [0.3, 0.4) is 0 Å². The van der Waals surface area contributed by atoms with Gasteiger partial charge in [-0.15, -0.1) is 0 Å². The maximum Gasteiger partial charge on any atom is 0.308 e. The van der Waals surface area contributed by atoms with Crippen LogP contribution >= 0.6 is 11.3 Å². The first-order valence-electron chi connectivity index (χ1n) is 6.52. The van der Waals surface area contributed by atoms with E-state index in [1.54, 1.807) is 16.2 Å². The quantitative estimate of drug-likeness (QED) is 0.925. The minimum Gasteiger partial charge on any atom is -0.481 e. The number of carbonyl (C=O) groups is 2. The second-order valence-corrected chi connectivity index (χ2v) is 6.18. The highest BCUT2D eigenvalue weighted by atomic mass is 32.1. The van der Waals surface area contributed by atoms with Crippen molar-refractivity contribution in [3.8, 4) is 0 Å². The van der Waals surface area contributed by atoms with E-state index in [0.717, 1.165) is 5.56 Å². The molecule has 1 saturated heterocycles. The highest BCUT2D eigenvalue weighted by Crippen LogP contribution is 2.26. The van der Waals surface area contributed by atoms with Crippen molar-refractivity contribution in [1.82, 2.24) is 4.90 Å². The molecule has 3 unspecified atom stereocenters. The summed E-state index contributed by atoms with van der Waals surface area (Å²) in [4.78, 5) is 25.3. The molecule has 4 nitrogen and oxygen atoms in total. The molecule has 0 bridgehead atoms. The lowest BCUT2D eigenvalue weighted by atomic mass is 9.89. The molecular formula is C14H19NO3S. The lowest BCUT2D eigenvalue weighted by Gasteiger charge is -2.36. The van der Waals surface area contributed by atoms with Gasteiger partial charge in [0.25, 0.3) is 0 Å². The Labute approximate surface area is 117 Å². The molecule has 1 aromatic rings. The third-order valence-corrected chi connectivity index (χ3v) is 4.44. The predicted octanol–water partition coefficient (Wildman–Crippen LogP) is 2.42. The Morgan fingerprint density at radius 1 is 1.47 bits per heavy atom. The van der Waals surface area contributed by atoms with E-state index in [4.69, 9.17) is 5.11 Å². The Balaban J connectivity index is 2.08. The molecule has 104 valence electrons. The molecule has 0 aromatic carbocycles. The average molecular weight is 281 g/mol. The zero-order valence-corrected chi connectivity index (χ0v) is 12.0. The van der Waals surface area contributed by atoms with Crippen LogP contribution < -0.4 is 0 Å². The Morgan fingerprint density at radius 2 is 2.21 bits per heavy atom. The highest BCUT2D eigenvalue weighted by Gasteiger charge is 2.33. The minimum atomic E-state index is -0.799. The van der Waals surface area contributed by atoms with Crippen molar-refractivity contribution in [2.24, 2.45) is 11.8 Å². The van der Waals surface area contributed by atoms with Gasteiger partial charge in [-0.05, 0) is 41.7 Å². The number of carboxylic acids is 1. The Morgan fingerprint density at radius 3 is 2.79 bits per heavy atom. The van der Waals surface area contributed by atoms with Crippen molar-refractivity contribution >= 4 is 23.2 Å². The van der Waals surface area contributed by atoms with Crippen molar-refractivity contribution < 1.29 is 14.7 Å². The predicted molar refractivity (Wildman–Crippen MR) is 74.2 cm³/mol. The summed E-state index contributed by atoms with van der Waals surface area (Å²) in [5, 5.41) is 13.1. The van der Waals surface area contributed by atoms with Crippen LogP contribution in [0.15, 0.2) is 16.8 Å². The van der Waals surface area contributed by atoms with Crippen LogP contribution in [-0.2, 0) is 9.59 Å². The van der Waals surface area contributed by atoms with Crippen LogP contribution in [0, 0.1) is 11.8 Å². The van der Waals surface area contributed by atoms with Crippen LogP contribution in [0.25, 0.3) is 0 Å². The second-order valence-electron chi connectivity index (χ2n) is 5.40. The smallest absolute Gasteiger partial charge is 0.308 e. The summed E-state index contributed by atoms with van der Waals surface area (Å²) in [6, 6.07) is 1.95. The second kappa shape index (κ2) is 5.74. The molecule has 0 saturated carbocycles. The Kier molecular flexibility index (Phi) is 4.24. The lowest BCUT2D eigenvalue weighted by molar-refractivity contribution is -0.147. The van der Waals surface area contributed by atoms with Gasteiger partial charge in [-0.25, -0.2) is 0 Å². The zero-order chi connectivity index (χ0) is 14.0. The van der Waals surface area contributed by atoms with Crippen molar-refractivity contribution in [3.05, 3.63) is 22.4 Å².